The van der Waals surface area contributed by atoms with Crippen LogP contribution in [0.25, 0.3) is 11.0 Å². The molecule has 1 heterocycles. The van der Waals surface area contributed by atoms with Gasteiger partial charge in [0.15, 0.2) is 0 Å². The summed E-state index contributed by atoms with van der Waals surface area (Å²) in [5.74, 6) is 0.925. The highest BCUT2D eigenvalue weighted by atomic mass is 35.5. The number of aryl methyl sites for hydroxylation is 1. The Balaban J connectivity index is 1.92. The van der Waals surface area contributed by atoms with E-state index in [0.29, 0.717) is 11.5 Å². The highest BCUT2D eigenvalue weighted by Gasteiger charge is 2.11. The predicted octanol–water partition coefficient (Wildman–Crippen LogP) is 3.93. The van der Waals surface area contributed by atoms with Gasteiger partial charge < -0.3 is 9.30 Å². The number of hydrogen-bond acceptors (Lipinski definition) is 4. The fourth-order valence-electron chi connectivity index (χ4n) is 1.99. The Morgan fingerprint density at radius 3 is 2.81 bits per heavy atom. The molecule has 0 aliphatic heterocycles. The van der Waals surface area contributed by atoms with Crippen LogP contribution in [0.1, 0.15) is 0 Å². The molecule has 106 valence electrons. The van der Waals surface area contributed by atoms with Gasteiger partial charge in [-0.3, -0.25) is 10.1 Å². The lowest BCUT2D eigenvalue weighted by Gasteiger charge is -2.07. The predicted molar refractivity (Wildman–Crippen MR) is 78.9 cm³/mol. The monoisotopic (exact) mass is 303 g/mol. The molecule has 0 fully saturated rings. The van der Waals surface area contributed by atoms with Crippen LogP contribution in [0.15, 0.2) is 42.7 Å². The van der Waals surface area contributed by atoms with Crippen LogP contribution in [0.2, 0.25) is 5.02 Å². The number of non-ortho nitro benzene ring substituents is 1. The lowest BCUT2D eigenvalue weighted by Crippen LogP contribution is -1.90. The summed E-state index contributed by atoms with van der Waals surface area (Å²) in [4.78, 5) is 14.4. The summed E-state index contributed by atoms with van der Waals surface area (Å²) in [6.45, 7) is 0. The zero-order valence-corrected chi connectivity index (χ0v) is 11.7. The highest BCUT2D eigenvalue weighted by molar-refractivity contribution is 6.32. The Bertz CT molecular complexity index is 845. The van der Waals surface area contributed by atoms with Gasteiger partial charge in [-0.25, -0.2) is 4.98 Å². The molecular formula is C14H10ClN3O3. The smallest absolute Gasteiger partial charge is 0.271 e. The average Bonchev–Trinajstić information content (AvgIpc) is 2.82. The largest absolute Gasteiger partial charge is 0.456 e. The number of fused-ring (bicyclic) bond motifs is 1. The number of nitro benzene ring substituents is 1. The minimum Gasteiger partial charge on any atom is -0.456 e. The third-order valence-electron chi connectivity index (χ3n) is 3.05. The number of imidazole rings is 1. The van der Waals surface area contributed by atoms with Gasteiger partial charge in [0.2, 0.25) is 0 Å². The molecule has 7 heteroatoms. The molecule has 0 aliphatic carbocycles. The summed E-state index contributed by atoms with van der Waals surface area (Å²) in [5.41, 5.74) is 1.71. The molecule has 0 atom stereocenters. The van der Waals surface area contributed by atoms with E-state index >= 15 is 0 Å². The first-order valence-electron chi connectivity index (χ1n) is 6.07. The van der Waals surface area contributed by atoms with E-state index in [1.807, 2.05) is 17.7 Å². The Labute approximate surface area is 124 Å². The van der Waals surface area contributed by atoms with Crippen LogP contribution in [0.3, 0.4) is 0 Å². The van der Waals surface area contributed by atoms with Gasteiger partial charge in [-0.1, -0.05) is 11.6 Å². The van der Waals surface area contributed by atoms with Crippen LogP contribution in [-0.2, 0) is 7.05 Å². The molecule has 21 heavy (non-hydrogen) atoms. The molecule has 0 saturated heterocycles. The van der Waals surface area contributed by atoms with Gasteiger partial charge in [0.25, 0.3) is 5.69 Å². The summed E-state index contributed by atoms with van der Waals surface area (Å²) in [5, 5.41) is 10.9. The molecule has 0 amide bonds. The SMILES string of the molecule is Cn1cnc2cc(Oc3ccc([N+](=O)[O-])cc3Cl)ccc21. The van der Waals surface area contributed by atoms with Crippen molar-refractivity contribution >= 4 is 28.3 Å². The van der Waals surface area contributed by atoms with Crippen LogP contribution in [0.4, 0.5) is 5.69 Å². The van der Waals surface area contributed by atoms with Crippen LogP contribution in [-0.4, -0.2) is 14.5 Å². The van der Waals surface area contributed by atoms with Crippen LogP contribution < -0.4 is 4.74 Å². The van der Waals surface area contributed by atoms with Gasteiger partial charge in [-0.2, -0.15) is 0 Å². The third-order valence-corrected chi connectivity index (χ3v) is 3.35. The maximum absolute atomic E-state index is 10.7. The van der Waals surface area contributed by atoms with E-state index in [1.54, 1.807) is 18.5 Å². The molecule has 3 rings (SSSR count). The topological polar surface area (TPSA) is 70.2 Å². The normalized spacial score (nSPS) is 10.8. The highest BCUT2D eigenvalue weighted by Crippen LogP contribution is 2.33. The molecule has 0 N–H and O–H groups in total. The summed E-state index contributed by atoms with van der Waals surface area (Å²) >= 11 is 6.00. The van der Waals surface area contributed by atoms with Crippen molar-refractivity contribution in [1.29, 1.82) is 0 Å². The van der Waals surface area contributed by atoms with Crippen molar-refractivity contribution in [2.24, 2.45) is 7.05 Å². The number of rotatable bonds is 3. The van der Waals surface area contributed by atoms with E-state index < -0.39 is 4.92 Å². The van der Waals surface area contributed by atoms with E-state index in [0.717, 1.165) is 11.0 Å². The van der Waals surface area contributed by atoms with Gasteiger partial charge in [0.1, 0.15) is 11.5 Å². The fourth-order valence-corrected chi connectivity index (χ4v) is 2.21. The number of aromatic nitrogens is 2. The standard InChI is InChI=1S/C14H10ClN3O3/c1-17-8-16-12-7-10(3-4-13(12)17)21-14-5-2-9(18(19)20)6-11(14)15/h2-8H,1H3. The summed E-state index contributed by atoms with van der Waals surface area (Å²) in [6.07, 6.45) is 1.72. The second kappa shape index (κ2) is 5.06. The van der Waals surface area contributed by atoms with Gasteiger partial charge >= 0.3 is 0 Å². The second-order valence-corrected chi connectivity index (χ2v) is 4.89. The summed E-state index contributed by atoms with van der Waals surface area (Å²) < 4.78 is 7.56. The Kier molecular flexibility index (Phi) is 3.23. The van der Waals surface area contributed by atoms with Crippen LogP contribution in [0.5, 0.6) is 11.5 Å². The number of halogens is 1. The van der Waals surface area contributed by atoms with Gasteiger partial charge in [0.05, 0.1) is 27.3 Å². The lowest BCUT2D eigenvalue weighted by atomic mass is 10.3. The molecule has 2 aromatic carbocycles. The summed E-state index contributed by atoms with van der Waals surface area (Å²) in [7, 11) is 1.91. The zero-order valence-electron chi connectivity index (χ0n) is 11.0. The molecule has 0 radical (unpaired) electrons. The van der Waals surface area contributed by atoms with Crippen molar-refractivity contribution in [3.63, 3.8) is 0 Å². The summed E-state index contributed by atoms with van der Waals surface area (Å²) in [6, 6.07) is 9.55. The van der Waals surface area contributed by atoms with Crippen molar-refractivity contribution in [2.75, 3.05) is 0 Å². The molecule has 6 nitrogen and oxygen atoms in total. The first-order valence-corrected chi connectivity index (χ1v) is 6.45. The second-order valence-electron chi connectivity index (χ2n) is 4.48. The van der Waals surface area contributed by atoms with E-state index in [9.17, 15) is 10.1 Å². The quantitative estimate of drug-likeness (QED) is 0.543. The number of nitro groups is 1. The Morgan fingerprint density at radius 2 is 2.10 bits per heavy atom. The average molecular weight is 304 g/mol. The van der Waals surface area contributed by atoms with E-state index in [1.165, 1.54) is 18.2 Å². The van der Waals surface area contributed by atoms with Crippen LogP contribution >= 0.6 is 11.6 Å². The zero-order chi connectivity index (χ0) is 15.0. The molecule has 3 aromatic rings. The number of benzene rings is 2. The van der Waals surface area contributed by atoms with E-state index in [4.69, 9.17) is 16.3 Å². The van der Waals surface area contributed by atoms with Gasteiger partial charge in [-0.05, 0) is 18.2 Å². The molecule has 0 bridgehead atoms. The Hall–Kier alpha value is -2.60. The molecule has 0 aliphatic rings. The van der Waals surface area contributed by atoms with E-state index in [-0.39, 0.29) is 10.7 Å². The first kappa shape index (κ1) is 13.4. The lowest BCUT2D eigenvalue weighted by molar-refractivity contribution is -0.384. The van der Waals surface area contributed by atoms with Crippen LogP contribution in [0, 0.1) is 10.1 Å². The maximum atomic E-state index is 10.7. The fraction of sp³-hybridized carbons (Fsp3) is 0.0714. The molecule has 1 aromatic heterocycles. The van der Waals surface area contributed by atoms with Gasteiger partial charge in [0, 0.05) is 25.2 Å². The van der Waals surface area contributed by atoms with Crippen molar-refractivity contribution in [2.45, 2.75) is 0 Å². The van der Waals surface area contributed by atoms with Crippen molar-refractivity contribution in [1.82, 2.24) is 9.55 Å². The first-order chi connectivity index (χ1) is 10.0. The number of hydrogen-bond donors (Lipinski definition) is 0. The molecule has 0 saturated carbocycles. The number of nitrogens with zero attached hydrogens (tertiary/aromatic N) is 3. The Morgan fingerprint density at radius 1 is 1.29 bits per heavy atom. The third kappa shape index (κ3) is 2.53. The number of ether oxygens (including phenoxy) is 1. The molecular weight excluding hydrogens is 294 g/mol. The maximum Gasteiger partial charge on any atom is 0.271 e. The van der Waals surface area contributed by atoms with Crippen molar-refractivity contribution in [3.05, 3.63) is 57.9 Å². The minimum atomic E-state index is -0.504. The van der Waals surface area contributed by atoms with E-state index in [2.05, 4.69) is 4.98 Å². The van der Waals surface area contributed by atoms with Crippen molar-refractivity contribution < 1.29 is 9.66 Å². The minimum absolute atomic E-state index is 0.0764. The molecule has 0 unspecified atom stereocenters. The molecule has 0 spiro atoms. The van der Waals surface area contributed by atoms with Gasteiger partial charge in [-0.15, -0.1) is 0 Å². The van der Waals surface area contributed by atoms with Crippen molar-refractivity contribution in [3.8, 4) is 11.5 Å².